The fourth-order valence-corrected chi connectivity index (χ4v) is 7.78. The summed E-state index contributed by atoms with van der Waals surface area (Å²) in [6.45, 7) is 3.88. The topological polar surface area (TPSA) is 111 Å². The van der Waals surface area contributed by atoms with Crippen LogP contribution in [0.3, 0.4) is 0 Å². The number of likely N-dealkylation sites (N-methyl/N-ethyl adjacent to an activating group) is 1. The predicted molar refractivity (Wildman–Crippen MR) is 341 cm³/mol. The van der Waals surface area contributed by atoms with Crippen molar-refractivity contribution in [2.75, 3.05) is 47.5 Å². The standard InChI is InChI=1S/C70H108NO8P/c1-6-8-10-12-14-16-18-20-22-24-26-28-30-31-32-33-34-35-36-37-38-39-41-43-45-47-49-51-53-55-57-59-61-63-70(73)79-68(67-78-80(74,75)77-65-64-71(3,4)5)66-76-69(72)62-60-58-56-54-52-50-48-46-44-42-40-29-27-25-23-21-19-17-15-13-11-9-7-2/h8-11,14-17,20-23,26-29,31-32,34-35,37-38,41-44,47-50,54,56,68H,6-7,12-13,18-19,24-25,30,33,36,39-40,45-46,51-53,55,57-67H2,1-5H3/b10-8-,11-9-,16-14-,17-15-,22-20-,23-21-,28-26-,29-27-,32-31-,35-34-,38-37-,43-41-,44-42-,49-47-,50-48-,56-54-. The van der Waals surface area contributed by atoms with Crippen molar-refractivity contribution in [3.63, 3.8) is 0 Å². The van der Waals surface area contributed by atoms with E-state index in [4.69, 9.17) is 18.5 Å². The van der Waals surface area contributed by atoms with Crippen molar-refractivity contribution in [1.29, 1.82) is 0 Å². The van der Waals surface area contributed by atoms with Gasteiger partial charge in [-0.2, -0.15) is 0 Å². The average molecular weight is 1120 g/mol. The second-order valence-electron chi connectivity index (χ2n) is 20.2. The van der Waals surface area contributed by atoms with E-state index in [1.165, 1.54) is 0 Å². The third-order valence-electron chi connectivity index (χ3n) is 11.6. The van der Waals surface area contributed by atoms with Crippen LogP contribution in [-0.4, -0.2) is 70.0 Å². The van der Waals surface area contributed by atoms with Gasteiger partial charge in [-0.05, 0) is 135 Å². The number of nitrogens with zero attached hydrogens (tertiary/aromatic N) is 1. The van der Waals surface area contributed by atoms with Crippen LogP contribution in [0.25, 0.3) is 0 Å². The van der Waals surface area contributed by atoms with Crippen LogP contribution in [0.15, 0.2) is 194 Å². The highest BCUT2D eigenvalue weighted by Gasteiger charge is 2.21. The number of hydrogen-bond donors (Lipinski definition) is 0. The second kappa shape index (κ2) is 58.5. The van der Waals surface area contributed by atoms with Crippen LogP contribution in [-0.2, 0) is 32.7 Å². The monoisotopic (exact) mass is 1120 g/mol. The molecule has 0 aromatic heterocycles. The largest absolute Gasteiger partial charge is 0.756 e. The molecule has 0 saturated heterocycles. The lowest BCUT2D eigenvalue weighted by molar-refractivity contribution is -0.870. The summed E-state index contributed by atoms with van der Waals surface area (Å²) in [6.07, 6.45) is 92.0. The second-order valence-corrected chi connectivity index (χ2v) is 21.7. The van der Waals surface area contributed by atoms with Crippen LogP contribution in [0.4, 0.5) is 0 Å². The molecule has 0 aliphatic rings. The summed E-state index contributed by atoms with van der Waals surface area (Å²) in [4.78, 5) is 37.9. The Balaban J connectivity index is 4.35. The summed E-state index contributed by atoms with van der Waals surface area (Å²) in [7, 11) is 1.08. The van der Waals surface area contributed by atoms with E-state index in [1.54, 1.807) is 0 Å². The Labute approximate surface area is 488 Å². The molecule has 0 N–H and O–H groups in total. The van der Waals surface area contributed by atoms with Crippen molar-refractivity contribution in [3.8, 4) is 0 Å². The Morgan fingerprint density at radius 3 is 1.04 bits per heavy atom. The van der Waals surface area contributed by atoms with Gasteiger partial charge in [0.05, 0.1) is 27.7 Å². The number of carbonyl (C=O) groups is 2. The van der Waals surface area contributed by atoms with Gasteiger partial charge in [0.2, 0.25) is 0 Å². The van der Waals surface area contributed by atoms with Gasteiger partial charge in [0.1, 0.15) is 19.8 Å². The Morgan fingerprint density at radius 1 is 0.388 bits per heavy atom. The van der Waals surface area contributed by atoms with Gasteiger partial charge < -0.3 is 27.9 Å². The average Bonchev–Trinajstić information content (AvgIpc) is 3.42. The zero-order chi connectivity index (χ0) is 58.4. The highest BCUT2D eigenvalue weighted by molar-refractivity contribution is 7.45. The molecule has 0 spiro atoms. The fraction of sp³-hybridized carbons (Fsp3) is 0.514. The molecule has 0 rings (SSSR count). The molecule has 2 unspecified atom stereocenters. The highest BCUT2D eigenvalue weighted by Crippen LogP contribution is 2.38. The molecule has 0 fully saturated rings. The zero-order valence-corrected chi connectivity index (χ0v) is 51.3. The SMILES string of the molecule is CC/C=C\C/C=C\C/C=C\C/C=C\C/C=C\C/C=C\C/C=C\C/C=C\C/C=C\CCCCCCCC(=O)OC(COC(=O)CCC/C=C\C/C=C\C/C=C\C/C=C\C/C=C\C/C=C\C/C=C\CC)COP(=O)([O-])OCC[N+](C)(C)C. The molecule has 446 valence electrons. The number of allylic oxidation sites excluding steroid dienone is 32. The summed E-state index contributed by atoms with van der Waals surface area (Å²) in [5.41, 5.74) is 0. The van der Waals surface area contributed by atoms with Crippen molar-refractivity contribution in [3.05, 3.63) is 194 Å². The number of unbranched alkanes of at least 4 members (excludes halogenated alkanes) is 6. The number of carbonyl (C=O) groups excluding carboxylic acids is 2. The van der Waals surface area contributed by atoms with E-state index in [0.29, 0.717) is 30.3 Å². The van der Waals surface area contributed by atoms with E-state index in [1.807, 2.05) is 27.2 Å². The first kappa shape index (κ1) is 74.8. The minimum Gasteiger partial charge on any atom is -0.756 e. The number of quaternary nitrogens is 1. The first-order chi connectivity index (χ1) is 39.0. The number of rotatable bonds is 52. The third-order valence-corrected chi connectivity index (χ3v) is 12.6. The molecule has 0 radical (unpaired) electrons. The number of hydrogen-bond acceptors (Lipinski definition) is 8. The molecule has 0 aliphatic carbocycles. The zero-order valence-electron chi connectivity index (χ0n) is 50.4. The summed E-state index contributed by atoms with van der Waals surface area (Å²) >= 11 is 0. The van der Waals surface area contributed by atoms with Gasteiger partial charge in [-0.15, -0.1) is 0 Å². The molecule has 0 heterocycles. The van der Waals surface area contributed by atoms with Crippen LogP contribution in [0.2, 0.25) is 0 Å². The normalized spacial score (nSPS) is 14.6. The van der Waals surface area contributed by atoms with Crippen molar-refractivity contribution < 1.29 is 42.1 Å². The van der Waals surface area contributed by atoms with Crippen LogP contribution in [0, 0.1) is 0 Å². The van der Waals surface area contributed by atoms with Crippen molar-refractivity contribution in [2.24, 2.45) is 0 Å². The van der Waals surface area contributed by atoms with Crippen LogP contribution in [0.1, 0.15) is 181 Å². The number of phosphoric acid groups is 1. The minimum atomic E-state index is -4.67. The molecular formula is C70H108NO8P. The smallest absolute Gasteiger partial charge is 0.306 e. The van der Waals surface area contributed by atoms with Crippen LogP contribution in [0.5, 0.6) is 0 Å². The maximum atomic E-state index is 12.8. The molecule has 0 bridgehead atoms. The molecule has 9 nitrogen and oxygen atoms in total. The maximum absolute atomic E-state index is 12.8. The molecule has 0 saturated carbocycles. The van der Waals surface area contributed by atoms with E-state index in [-0.39, 0.29) is 26.1 Å². The van der Waals surface area contributed by atoms with E-state index in [9.17, 15) is 19.0 Å². The summed E-state index contributed by atoms with van der Waals surface area (Å²) in [5.74, 6) is -0.946. The van der Waals surface area contributed by atoms with Crippen molar-refractivity contribution in [1.82, 2.24) is 0 Å². The highest BCUT2D eigenvalue weighted by atomic mass is 31.2. The van der Waals surface area contributed by atoms with Gasteiger partial charge in [0, 0.05) is 12.8 Å². The Kier molecular flexibility index (Phi) is 54.7. The molecule has 0 amide bonds. The van der Waals surface area contributed by atoms with Gasteiger partial charge in [0.15, 0.2) is 6.10 Å². The fourth-order valence-electron chi connectivity index (χ4n) is 7.05. The van der Waals surface area contributed by atoms with Crippen LogP contribution >= 0.6 is 7.82 Å². The first-order valence-electron chi connectivity index (χ1n) is 30.1. The molecule has 10 heteroatoms. The van der Waals surface area contributed by atoms with E-state index in [2.05, 4.69) is 202 Å². The summed E-state index contributed by atoms with van der Waals surface area (Å²) < 4.78 is 34.1. The van der Waals surface area contributed by atoms with Gasteiger partial charge in [-0.3, -0.25) is 14.2 Å². The Hall–Kier alpha value is -5.15. The Morgan fingerprint density at radius 2 is 0.688 bits per heavy atom. The van der Waals surface area contributed by atoms with E-state index < -0.39 is 32.5 Å². The number of phosphoric ester groups is 1. The molecule has 80 heavy (non-hydrogen) atoms. The summed E-state index contributed by atoms with van der Waals surface area (Å²) in [6, 6.07) is 0. The molecule has 0 aromatic carbocycles. The molecule has 0 aliphatic heterocycles. The van der Waals surface area contributed by atoms with E-state index in [0.717, 1.165) is 135 Å². The molecule has 2 atom stereocenters. The number of esters is 2. The quantitative estimate of drug-likeness (QED) is 0.0195. The third kappa shape index (κ3) is 62.1. The minimum absolute atomic E-state index is 0.0566. The first-order valence-corrected chi connectivity index (χ1v) is 31.6. The van der Waals surface area contributed by atoms with E-state index >= 15 is 0 Å². The lowest BCUT2D eigenvalue weighted by atomic mass is 10.1. The van der Waals surface area contributed by atoms with Gasteiger partial charge in [-0.1, -0.05) is 228 Å². The summed E-state index contributed by atoms with van der Waals surface area (Å²) in [5, 5.41) is 0. The Bertz CT molecular complexity index is 2050. The van der Waals surface area contributed by atoms with Gasteiger partial charge in [0.25, 0.3) is 7.82 Å². The van der Waals surface area contributed by atoms with Gasteiger partial charge >= 0.3 is 11.9 Å². The van der Waals surface area contributed by atoms with Crippen molar-refractivity contribution >= 4 is 19.8 Å². The van der Waals surface area contributed by atoms with Crippen molar-refractivity contribution in [2.45, 2.75) is 187 Å². The molecular weight excluding hydrogens is 1010 g/mol. The van der Waals surface area contributed by atoms with Crippen LogP contribution < -0.4 is 4.89 Å². The molecule has 0 aromatic rings. The maximum Gasteiger partial charge on any atom is 0.306 e. The lowest BCUT2D eigenvalue weighted by Crippen LogP contribution is -2.37. The van der Waals surface area contributed by atoms with Gasteiger partial charge in [-0.25, -0.2) is 0 Å². The number of ether oxygens (including phenoxy) is 2. The predicted octanol–water partition coefficient (Wildman–Crippen LogP) is 18.7. The lowest BCUT2D eigenvalue weighted by Gasteiger charge is -2.28.